The second-order valence-electron chi connectivity index (χ2n) is 9.71. The van der Waals surface area contributed by atoms with Crippen LogP contribution in [0.5, 0.6) is 0 Å². The Kier molecular flexibility index (Phi) is 10.0. The molecule has 0 aromatic heterocycles. The normalized spacial score (nSPS) is 12.2. The van der Waals surface area contributed by atoms with E-state index < -0.39 is 28.5 Å². The number of halogens is 2. The van der Waals surface area contributed by atoms with Gasteiger partial charge in [0.25, 0.3) is 10.0 Å². The molecule has 39 heavy (non-hydrogen) atoms. The van der Waals surface area contributed by atoms with Crippen LogP contribution < -0.4 is 9.62 Å². The fraction of sp³-hybridized carbons (Fsp3) is 0.310. The summed E-state index contributed by atoms with van der Waals surface area (Å²) in [5.74, 6) is -0.939. The lowest BCUT2D eigenvalue weighted by Crippen LogP contribution is -2.52. The first-order chi connectivity index (χ1) is 18.3. The van der Waals surface area contributed by atoms with Crippen molar-refractivity contribution in [1.82, 2.24) is 10.2 Å². The summed E-state index contributed by atoms with van der Waals surface area (Å²) in [4.78, 5) is 28.3. The molecule has 0 bridgehead atoms. The Bertz CT molecular complexity index is 1440. The first kappa shape index (κ1) is 30.5. The van der Waals surface area contributed by atoms with E-state index in [1.54, 1.807) is 62.4 Å². The summed E-state index contributed by atoms with van der Waals surface area (Å²) < 4.78 is 28.8. The van der Waals surface area contributed by atoms with Crippen molar-refractivity contribution in [2.75, 3.05) is 10.8 Å². The maximum Gasteiger partial charge on any atom is 0.264 e. The van der Waals surface area contributed by atoms with Crippen molar-refractivity contribution in [2.45, 2.75) is 58.1 Å². The summed E-state index contributed by atoms with van der Waals surface area (Å²) in [5, 5.41) is 3.62. The van der Waals surface area contributed by atoms with Gasteiger partial charge in [-0.2, -0.15) is 0 Å². The molecular weight excluding hydrogens is 557 g/mol. The van der Waals surface area contributed by atoms with Crippen LogP contribution in [0, 0.1) is 13.8 Å². The molecule has 0 spiro atoms. The highest BCUT2D eigenvalue weighted by Crippen LogP contribution is 2.29. The number of amides is 2. The van der Waals surface area contributed by atoms with Crippen molar-refractivity contribution in [3.63, 3.8) is 0 Å². The van der Waals surface area contributed by atoms with Gasteiger partial charge in [0.2, 0.25) is 11.8 Å². The summed E-state index contributed by atoms with van der Waals surface area (Å²) >= 11 is 12.7. The number of aryl methyl sites for hydroxylation is 2. The lowest BCUT2D eigenvalue weighted by Gasteiger charge is -2.32. The maximum absolute atomic E-state index is 13.9. The fourth-order valence-electron chi connectivity index (χ4n) is 3.90. The Balaban J connectivity index is 2.07. The van der Waals surface area contributed by atoms with Crippen LogP contribution in [0.3, 0.4) is 0 Å². The predicted octanol–water partition coefficient (Wildman–Crippen LogP) is 5.75. The van der Waals surface area contributed by atoms with E-state index in [4.69, 9.17) is 23.2 Å². The second kappa shape index (κ2) is 12.9. The standard InChI is InChI=1S/C29H33Cl2N3O4S/c1-19(2)32-29(36)22(5)33(17-23-8-6-7-9-26(23)30)28(35)18-34(24-13-12-21(4)27(31)16-24)39(37,38)25-14-10-20(3)11-15-25/h6-16,19,22H,17-18H2,1-5H3,(H,32,36)/t22-/m0/s1. The maximum atomic E-state index is 13.9. The van der Waals surface area contributed by atoms with Gasteiger partial charge in [-0.3, -0.25) is 13.9 Å². The number of nitrogens with zero attached hydrogens (tertiary/aromatic N) is 2. The number of rotatable bonds is 10. The van der Waals surface area contributed by atoms with Gasteiger partial charge in [0.05, 0.1) is 10.6 Å². The minimum atomic E-state index is -4.17. The molecule has 0 unspecified atom stereocenters. The van der Waals surface area contributed by atoms with Crippen molar-refractivity contribution >= 4 is 50.7 Å². The number of sulfonamides is 1. The predicted molar refractivity (Wildman–Crippen MR) is 157 cm³/mol. The van der Waals surface area contributed by atoms with Gasteiger partial charge in [-0.25, -0.2) is 8.42 Å². The average Bonchev–Trinajstić information content (AvgIpc) is 2.87. The molecule has 7 nitrogen and oxygen atoms in total. The SMILES string of the molecule is Cc1ccc(S(=O)(=O)N(CC(=O)N(Cc2ccccc2Cl)[C@@H](C)C(=O)NC(C)C)c2ccc(C)c(Cl)c2)cc1. The molecule has 3 aromatic carbocycles. The third kappa shape index (κ3) is 7.53. The molecule has 208 valence electrons. The molecule has 0 aliphatic heterocycles. The first-order valence-electron chi connectivity index (χ1n) is 12.5. The van der Waals surface area contributed by atoms with Gasteiger partial charge < -0.3 is 10.2 Å². The molecule has 0 aliphatic carbocycles. The first-order valence-corrected chi connectivity index (χ1v) is 14.7. The van der Waals surface area contributed by atoms with E-state index >= 15 is 0 Å². The summed E-state index contributed by atoms with van der Waals surface area (Å²) in [5.41, 5.74) is 2.52. The Morgan fingerprint density at radius 2 is 1.54 bits per heavy atom. The average molecular weight is 591 g/mol. The minimum Gasteiger partial charge on any atom is -0.352 e. The molecule has 0 saturated heterocycles. The van der Waals surface area contributed by atoms with Crippen molar-refractivity contribution in [1.29, 1.82) is 0 Å². The molecule has 0 heterocycles. The molecule has 3 rings (SSSR count). The van der Waals surface area contributed by atoms with E-state index in [2.05, 4.69) is 5.32 Å². The fourth-order valence-corrected chi connectivity index (χ4v) is 5.68. The molecule has 2 amide bonds. The van der Waals surface area contributed by atoms with Gasteiger partial charge >= 0.3 is 0 Å². The molecule has 0 saturated carbocycles. The van der Waals surface area contributed by atoms with Crippen LogP contribution >= 0.6 is 23.2 Å². The molecular formula is C29H33Cl2N3O4S. The number of anilines is 1. The smallest absolute Gasteiger partial charge is 0.264 e. The van der Waals surface area contributed by atoms with Gasteiger partial charge in [0, 0.05) is 22.6 Å². The number of hydrogen-bond donors (Lipinski definition) is 1. The highest BCUT2D eigenvalue weighted by atomic mass is 35.5. The van der Waals surface area contributed by atoms with Gasteiger partial charge in [0.1, 0.15) is 12.6 Å². The van der Waals surface area contributed by atoms with Crippen LogP contribution in [-0.4, -0.2) is 43.8 Å². The molecule has 1 atom stereocenters. The van der Waals surface area contributed by atoms with E-state index in [0.29, 0.717) is 15.6 Å². The third-order valence-corrected chi connectivity index (χ3v) is 8.79. The van der Waals surface area contributed by atoms with Crippen LogP contribution in [0.15, 0.2) is 71.6 Å². The molecule has 10 heteroatoms. The summed E-state index contributed by atoms with van der Waals surface area (Å²) in [6.07, 6.45) is 0. The van der Waals surface area contributed by atoms with Crippen LogP contribution in [0.2, 0.25) is 10.0 Å². The lowest BCUT2D eigenvalue weighted by molar-refractivity contribution is -0.139. The van der Waals surface area contributed by atoms with E-state index in [-0.39, 0.29) is 29.1 Å². The Morgan fingerprint density at radius 1 is 0.897 bits per heavy atom. The minimum absolute atomic E-state index is 0.0122. The van der Waals surface area contributed by atoms with Crippen molar-refractivity contribution < 1.29 is 18.0 Å². The molecule has 0 aliphatic rings. The van der Waals surface area contributed by atoms with E-state index in [0.717, 1.165) is 15.4 Å². The van der Waals surface area contributed by atoms with Crippen LogP contribution in [0.4, 0.5) is 5.69 Å². The Hall–Kier alpha value is -3.07. The number of carbonyl (C=O) groups excluding carboxylic acids is 2. The molecule has 3 aromatic rings. The molecule has 0 fully saturated rings. The third-order valence-electron chi connectivity index (χ3n) is 6.23. The van der Waals surface area contributed by atoms with Gasteiger partial charge in [-0.05, 0) is 76.1 Å². The van der Waals surface area contributed by atoms with Gasteiger partial charge in [-0.15, -0.1) is 0 Å². The number of carbonyl (C=O) groups is 2. The van der Waals surface area contributed by atoms with Crippen molar-refractivity contribution in [3.05, 3.63) is 93.5 Å². The second-order valence-corrected chi connectivity index (χ2v) is 12.4. The number of nitrogens with one attached hydrogen (secondary N) is 1. The Morgan fingerprint density at radius 3 is 2.13 bits per heavy atom. The van der Waals surface area contributed by atoms with E-state index in [1.165, 1.54) is 23.1 Å². The van der Waals surface area contributed by atoms with Crippen LogP contribution in [0.1, 0.15) is 37.5 Å². The van der Waals surface area contributed by atoms with Gasteiger partial charge in [-0.1, -0.05) is 65.2 Å². The van der Waals surface area contributed by atoms with E-state index in [1.807, 2.05) is 20.8 Å². The van der Waals surface area contributed by atoms with Crippen molar-refractivity contribution in [2.24, 2.45) is 0 Å². The van der Waals surface area contributed by atoms with Crippen LogP contribution in [-0.2, 0) is 26.2 Å². The van der Waals surface area contributed by atoms with Crippen LogP contribution in [0.25, 0.3) is 0 Å². The van der Waals surface area contributed by atoms with Gasteiger partial charge in [0.15, 0.2) is 0 Å². The zero-order valence-corrected chi connectivity index (χ0v) is 24.9. The number of benzene rings is 3. The monoisotopic (exact) mass is 589 g/mol. The largest absolute Gasteiger partial charge is 0.352 e. The summed E-state index contributed by atoms with van der Waals surface area (Å²) in [6.45, 7) is 8.36. The molecule has 1 N–H and O–H groups in total. The lowest BCUT2D eigenvalue weighted by atomic mass is 10.1. The van der Waals surface area contributed by atoms with Crippen molar-refractivity contribution in [3.8, 4) is 0 Å². The number of hydrogen-bond acceptors (Lipinski definition) is 4. The zero-order chi connectivity index (χ0) is 28.9. The summed E-state index contributed by atoms with van der Waals surface area (Å²) in [6, 6.07) is 17.2. The quantitative estimate of drug-likeness (QED) is 0.326. The Labute approximate surface area is 240 Å². The summed E-state index contributed by atoms with van der Waals surface area (Å²) in [7, 11) is -4.17. The van der Waals surface area contributed by atoms with E-state index in [9.17, 15) is 18.0 Å². The highest BCUT2D eigenvalue weighted by molar-refractivity contribution is 7.92. The topological polar surface area (TPSA) is 86.8 Å². The molecule has 0 radical (unpaired) electrons. The zero-order valence-electron chi connectivity index (χ0n) is 22.6. The highest BCUT2D eigenvalue weighted by Gasteiger charge is 2.33.